The fourth-order valence-corrected chi connectivity index (χ4v) is 4.28. The average Bonchev–Trinajstić information content (AvgIpc) is 3.10. The van der Waals surface area contributed by atoms with Crippen molar-refractivity contribution in [3.63, 3.8) is 0 Å². The van der Waals surface area contributed by atoms with Gasteiger partial charge in [0, 0.05) is 5.02 Å². The molecule has 0 atom stereocenters. The molecule has 0 spiro atoms. The summed E-state index contributed by atoms with van der Waals surface area (Å²) in [6.45, 7) is 0.216. The molecule has 4 rings (SSSR count). The third-order valence-electron chi connectivity index (χ3n) is 4.94. The molecule has 7 nitrogen and oxygen atoms in total. The van der Waals surface area contributed by atoms with Crippen molar-refractivity contribution in [1.82, 2.24) is 0 Å². The van der Waals surface area contributed by atoms with Gasteiger partial charge in [-0.2, -0.15) is 0 Å². The van der Waals surface area contributed by atoms with Crippen LogP contribution >= 0.6 is 23.4 Å². The van der Waals surface area contributed by atoms with E-state index >= 15 is 0 Å². The number of ether oxygens (including phenoxy) is 2. The topological polar surface area (TPSA) is 93.1 Å². The summed E-state index contributed by atoms with van der Waals surface area (Å²) < 4.78 is 11.2. The van der Waals surface area contributed by atoms with Crippen molar-refractivity contribution >= 4 is 52.2 Å². The number of halogens is 1. The lowest BCUT2D eigenvalue weighted by Gasteiger charge is -2.12. The molecule has 0 unspecified atom stereocenters. The van der Waals surface area contributed by atoms with Gasteiger partial charge in [-0.1, -0.05) is 35.9 Å². The van der Waals surface area contributed by atoms with Gasteiger partial charge >= 0.3 is 5.97 Å². The number of hydrogen-bond acceptors (Lipinski definition) is 6. The number of imide groups is 1. The Balaban J connectivity index is 1.50. The van der Waals surface area contributed by atoms with Crippen LogP contribution in [0.3, 0.4) is 0 Å². The number of hydrogen-bond donors (Lipinski definition) is 1. The lowest BCUT2D eigenvalue weighted by molar-refractivity contribution is -0.113. The van der Waals surface area contributed by atoms with Gasteiger partial charge in [-0.15, -0.1) is 0 Å². The van der Waals surface area contributed by atoms with Crippen molar-refractivity contribution in [2.24, 2.45) is 0 Å². The minimum Gasteiger partial charge on any atom is -0.493 e. The summed E-state index contributed by atoms with van der Waals surface area (Å²) in [5.41, 5.74) is 2.07. The number of benzene rings is 3. The first-order valence-electron chi connectivity index (χ1n) is 10.0. The SMILES string of the molecule is COc1cc(/C=C2\SC(=O)N(c3cccc(Cl)c3)C2=O)ccc1OCc1ccc(C(=O)O)cc1. The van der Waals surface area contributed by atoms with E-state index in [1.165, 1.54) is 19.2 Å². The van der Waals surface area contributed by atoms with Crippen molar-refractivity contribution in [2.75, 3.05) is 12.0 Å². The Hall–Kier alpha value is -3.75. The van der Waals surface area contributed by atoms with Gasteiger partial charge in [0.1, 0.15) is 6.61 Å². The number of carboxylic acid groups (broad SMARTS) is 1. The van der Waals surface area contributed by atoms with Crippen LogP contribution in [0.15, 0.2) is 71.6 Å². The number of methoxy groups -OCH3 is 1. The second kappa shape index (κ2) is 10.0. The van der Waals surface area contributed by atoms with Crippen LogP contribution in [0.25, 0.3) is 6.08 Å². The molecule has 3 aromatic rings. The van der Waals surface area contributed by atoms with Crippen molar-refractivity contribution < 1.29 is 29.0 Å². The van der Waals surface area contributed by atoms with Gasteiger partial charge in [0.2, 0.25) is 0 Å². The molecule has 2 amide bonds. The molecule has 172 valence electrons. The highest BCUT2D eigenvalue weighted by molar-refractivity contribution is 8.19. The van der Waals surface area contributed by atoms with E-state index in [0.717, 1.165) is 22.2 Å². The zero-order chi connectivity index (χ0) is 24.2. The van der Waals surface area contributed by atoms with E-state index < -0.39 is 17.1 Å². The van der Waals surface area contributed by atoms with Crippen LogP contribution < -0.4 is 14.4 Å². The highest BCUT2D eigenvalue weighted by Gasteiger charge is 2.36. The van der Waals surface area contributed by atoms with Crippen molar-refractivity contribution in [2.45, 2.75) is 6.61 Å². The van der Waals surface area contributed by atoms with E-state index in [9.17, 15) is 14.4 Å². The zero-order valence-electron chi connectivity index (χ0n) is 17.9. The molecule has 0 aliphatic carbocycles. The first-order chi connectivity index (χ1) is 16.4. The molecule has 1 fully saturated rings. The maximum atomic E-state index is 12.9. The molecule has 0 saturated carbocycles. The van der Waals surface area contributed by atoms with Gasteiger partial charge in [0.05, 0.1) is 23.3 Å². The summed E-state index contributed by atoms with van der Waals surface area (Å²) in [6, 6.07) is 18.1. The second-order valence-corrected chi connectivity index (χ2v) is 8.63. The predicted molar refractivity (Wildman–Crippen MR) is 131 cm³/mol. The van der Waals surface area contributed by atoms with Crippen molar-refractivity contribution in [1.29, 1.82) is 0 Å². The minimum absolute atomic E-state index is 0.199. The smallest absolute Gasteiger partial charge is 0.335 e. The van der Waals surface area contributed by atoms with Gasteiger partial charge in [-0.25, -0.2) is 9.69 Å². The van der Waals surface area contributed by atoms with Crippen LogP contribution in [-0.4, -0.2) is 29.3 Å². The predicted octanol–water partition coefficient (Wildman–Crippen LogP) is 5.87. The van der Waals surface area contributed by atoms with E-state index in [1.807, 2.05) is 0 Å². The molecular weight excluding hydrogens is 478 g/mol. The summed E-state index contributed by atoms with van der Waals surface area (Å²) in [7, 11) is 1.50. The maximum absolute atomic E-state index is 12.9. The number of anilines is 1. The van der Waals surface area contributed by atoms with Crippen LogP contribution in [0.1, 0.15) is 21.5 Å². The largest absolute Gasteiger partial charge is 0.493 e. The normalized spacial score (nSPS) is 14.5. The van der Waals surface area contributed by atoms with Crippen LogP contribution in [0.5, 0.6) is 11.5 Å². The van der Waals surface area contributed by atoms with Crippen molar-refractivity contribution in [3.05, 3.63) is 93.3 Å². The van der Waals surface area contributed by atoms with E-state index in [4.69, 9.17) is 26.2 Å². The van der Waals surface area contributed by atoms with Crippen LogP contribution in [0, 0.1) is 0 Å². The van der Waals surface area contributed by atoms with Gasteiger partial charge in [0.25, 0.3) is 11.1 Å². The summed E-state index contributed by atoms with van der Waals surface area (Å²) in [5, 5.41) is 9.02. The maximum Gasteiger partial charge on any atom is 0.335 e. The monoisotopic (exact) mass is 495 g/mol. The van der Waals surface area contributed by atoms with Crippen LogP contribution in [0.2, 0.25) is 5.02 Å². The molecule has 3 aromatic carbocycles. The molecule has 1 heterocycles. The Morgan fingerprint density at radius 1 is 1.06 bits per heavy atom. The second-order valence-electron chi connectivity index (χ2n) is 7.20. The Kier molecular flexibility index (Phi) is 6.90. The molecule has 1 aliphatic heterocycles. The number of carbonyl (C=O) groups is 3. The summed E-state index contributed by atoms with van der Waals surface area (Å²) in [4.78, 5) is 37.7. The first-order valence-corrected chi connectivity index (χ1v) is 11.2. The van der Waals surface area contributed by atoms with Gasteiger partial charge in [0.15, 0.2) is 11.5 Å². The number of carboxylic acids is 1. The van der Waals surface area contributed by atoms with Crippen molar-refractivity contribution in [3.8, 4) is 11.5 Å². The first kappa shape index (κ1) is 23.4. The molecule has 0 radical (unpaired) electrons. The Labute approximate surface area is 204 Å². The Morgan fingerprint density at radius 3 is 2.50 bits per heavy atom. The van der Waals surface area contributed by atoms with Gasteiger partial charge in [-0.3, -0.25) is 9.59 Å². The van der Waals surface area contributed by atoms with Gasteiger partial charge in [-0.05, 0) is 71.4 Å². The van der Waals surface area contributed by atoms with Crippen LogP contribution in [0.4, 0.5) is 10.5 Å². The molecule has 0 aromatic heterocycles. The van der Waals surface area contributed by atoms with Gasteiger partial charge < -0.3 is 14.6 Å². The summed E-state index contributed by atoms with van der Waals surface area (Å²) in [6.07, 6.45) is 1.62. The van der Waals surface area contributed by atoms with E-state index in [2.05, 4.69) is 0 Å². The lowest BCUT2D eigenvalue weighted by Crippen LogP contribution is -2.27. The fraction of sp³-hybridized carbons (Fsp3) is 0.0800. The highest BCUT2D eigenvalue weighted by Crippen LogP contribution is 2.37. The number of aromatic carboxylic acids is 1. The molecule has 1 aliphatic rings. The molecule has 9 heteroatoms. The number of thioether (sulfide) groups is 1. The lowest BCUT2D eigenvalue weighted by atomic mass is 10.1. The Morgan fingerprint density at radius 2 is 1.82 bits per heavy atom. The minimum atomic E-state index is -0.991. The van der Waals surface area contributed by atoms with E-state index in [0.29, 0.717) is 27.8 Å². The molecule has 1 N–H and O–H groups in total. The number of carbonyl (C=O) groups excluding carboxylic acids is 2. The molecule has 1 saturated heterocycles. The highest BCUT2D eigenvalue weighted by atomic mass is 35.5. The fourth-order valence-electron chi connectivity index (χ4n) is 3.25. The van der Waals surface area contributed by atoms with E-state index in [1.54, 1.807) is 60.7 Å². The zero-order valence-corrected chi connectivity index (χ0v) is 19.4. The molecule has 34 heavy (non-hydrogen) atoms. The quantitative estimate of drug-likeness (QED) is 0.410. The standard InChI is InChI=1S/C25H18ClNO6S/c1-32-21-11-16(7-10-20(21)33-14-15-5-8-17(9-6-15)24(29)30)12-22-23(28)27(25(31)34-22)19-4-2-3-18(26)13-19/h2-13H,14H2,1H3,(H,29,30)/b22-12-. The average molecular weight is 496 g/mol. The summed E-state index contributed by atoms with van der Waals surface area (Å²) >= 11 is 6.84. The van der Waals surface area contributed by atoms with Crippen LogP contribution in [-0.2, 0) is 11.4 Å². The number of rotatable bonds is 7. The van der Waals surface area contributed by atoms with E-state index in [-0.39, 0.29) is 17.1 Å². The third kappa shape index (κ3) is 5.08. The molecule has 0 bridgehead atoms. The number of nitrogens with zero attached hydrogens (tertiary/aromatic N) is 1. The number of amides is 2. The third-order valence-corrected chi connectivity index (χ3v) is 6.05. The Bertz CT molecular complexity index is 1310. The molecular formula is C25H18ClNO6S. The summed E-state index contributed by atoms with van der Waals surface area (Å²) in [5.74, 6) is -0.490.